The van der Waals surface area contributed by atoms with Gasteiger partial charge in [0.15, 0.2) is 12.4 Å². The van der Waals surface area contributed by atoms with Crippen molar-refractivity contribution in [2.45, 2.75) is 43.5 Å². The Bertz CT molecular complexity index is 857. The van der Waals surface area contributed by atoms with Gasteiger partial charge in [0.05, 0.1) is 4.87 Å². The molecule has 3 fully saturated rings. The van der Waals surface area contributed by atoms with E-state index in [0.717, 1.165) is 12.8 Å². The van der Waals surface area contributed by atoms with Crippen molar-refractivity contribution >= 4 is 41.0 Å². The minimum atomic E-state index is -0.633. The molecule has 0 unspecified atom stereocenters. The predicted octanol–water partition coefficient (Wildman–Crippen LogP) is 1.99. The van der Waals surface area contributed by atoms with Crippen molar-refractivity contribution in [3.05, 3.63) is 29.8 Å². The molecule has 0 radical (unpaired) electrons. The van der Waals surface area contributed by atoms with E-state index in [-0.39, 0.29) is 29.1 Å². The minimum absolute atomic E-state index is 0.0382. The van der Waals surface area contributed by atoms with Crippen molar-refractivity contribution in [3.63, 3.8) is 0 Å². The highest BCUT2D eigenvalue weighted by atomic mass is 32.2. The Morgan fingerprint density at radius 3 is 2.82 bits per heavy atom. The SMILES string of the molecule is C[C@]12CCC(=O)N1[C@H](C(=O)OCC(=O)c1cccc(N3CCCC3=O)c1)CS2. The van der Waals surface area contributed by atoms with E-state index in [0.29, 0.717) is 36.4 Å². The number of hydrogen-bond acceptors (Lipinski definition) is 6. The highest BCUT2D eigenvalue weighted by Gasteiger charge is 2.53. The number of fused-ring (bicyclic) bond motifs is 1. The first-order valence-electron chi connectivity index (χ1n) is 9.45. The number of benzene rings is 1. The summed E-state index contributed by atoms with van der Waals surface area (Å²) in [6.45, 7) is 2.23. The van der Waals surface area contributed by atoms with Crippen LogP contribution in [0.15, 0.2) is 24.3 Å². The van der Waals surface area contributed by atoms with Crippen LogP contribution < -0.4 is 4.90 Å². The molecule has 0 bridgehead atoms. The van der Waals surface area contributed by atoms with Crippen LogP contribution in [0.25, 0.3) is 0 Å². The second kappa shape index (κ2) is 7.24. The predicted molar refractivity (Wildman–Crippen MR) is 104 cm³/mol. The van der Waals surface area contributed by atoms with Crippen molar-refractivity contribution < 1.29 is 23.9 Å². The Morgan fingerprint density at radius 1 is 1.25 bits per heavy atom. The number of carbonyl (C=O) groups excluding carboxylic acids is 4. The van der Waals surface area contributed by atoms with Crippen LogP contribution in [0.4, 0.5) is 5.69 Å². The zero-order valence-electron chi connectivity index (χ0n) is 15.7. The van der Waals surface area contributed by atoms with E-state index in [1.807, 2.05) is 6.92 Å². The van der Waals surface area contributed by atoms with Gasteiger partial charge in [0, 0.05) is 36.4 Å². The highest BCUT2D eigenvalue weighted by Crippen LogP contribution is 2.47. The monoisotopic (exact) mass is 402 g/mol. The number of anilines is 1. The van der Waals surface area contributed by atoms with Crippen LogP contribution in [0, 0.1) is 0 Å². The number of hydrogen-bond donors (Lipinski definition) is 0. The van der Waals surface area contributed by atoms with Gasteiger partial charge >= 0.3 is 5.97 Å². The second-order valence-corrected chi connectivity index (χ2v) is 9.00. The number of ether oxygens (including phenoxy) is 1. The van der Waals surface area contributed by atoms with E-state index in [4.69, 9.17) is 4.74 Å². The van der Waals surface area contributed by atoms with Crippen molar-refractivity contribution in [2.75, 3.05) is 23.8 Å². The molecule has 2 atom stereocenters. The zero-order valence-corrected chi connectivity index (χ0v) is 16.5. The first kappa shape index (κ1) is 19.0. The van der Waals surface area contributed by atoms with E-state index in [1.54, 1.807) is 45.8 Å². The number of Topliss-reactive ketones (excluding diaryl/α,β-unsaturated/α-hetero) is 1. The molecule has 0 N–H and O–H groups in total. The van der Waals surface area contributed by atoms with Crippen molar-refractivity contribution in [3.8, 4) is 0 Å². The first-order valence-corrected chi connectivity index (χ1v) is 10.4. The molecule has 3 heterocycles. The van der Waals surface area contributed by atoms with Crippen LogP contribution in [0.5, 0.6) is 0 Å². The maximum absolute atomic E-state index is 12.5. The summed E-state index contributed by atoms with van der Waals surface area (Å²) in [7, 11) is 0. The quantitative estimate of drug-likeness (QED) is 0.553. The normalized spacial score (nSPS) is 26.7. The standard InChI is InChI=1S/C20H22N2O5S/c1-20-8-7-18(25)22(20)15(12-28-20)19(26)27-11-16(23)13-4-2-5-14(10-13)21-9-3-6-17(21)24/h2,4-5,10,15H,3,6-9,11-12H2,1H3/t15-,20-/m0/s1. The highest BCUT2D eigenvalue weighted by molar-refractivity contribution is 8.01. The number of amides is 2. The van der Waals surface area contributed by atoms with Gasteiger partial charge in [-0.25, -0.2) is 4.79 Å². The maximum atomic E-state index is 12.5. The Morgan fingerprint density at radius 2 is 2.07 bits per heavy atom. The van der Waals surface area contributed by atoms with Gasteiger partial charge in [-0.15, -0.1) is 11.8 Å². The average Bonchev–Trinajstić information content (AvgIpc) is 3.35. The van der Waals surface area contributed by atoms with Crippen LogP contribution >= 0.6 is 11.8 Å². The lowest BCUT2D eigenvalue weighted by atomic mass is 10.1. The number of thioether (sulfide) groups is 1. The fraction of sp³-hybridized carbons (Fsp3) is 0.500. The summed E-state index contributed by atoms with van der Waals surface area (Å²) < 4.78 is 5.25. The summed E-state index contributed by atoms with van der Waals surface area (Å²) in [6.07, 6.45) is 2.49. The van der Waals surface area contributed by atoms with E-state index >= 15 is 0 Å². The fourth-order valence-corrected chi connectivity index (χ4v) is 5.50. The van der Waals surface area contributed by atoms with Gasteiger partial charge in [-0.05, 0) is 31.9 Å². The summed E-state index contributed by atoms with van der Waals surface area (Å²) in [5, 5.41) is 0. The molecule has 1 aromatic rings. The van der Waals surface area contributed by atoms with Gasteiger partial charge in [0.2, 0.25) is 11.8 Å². The van der Waals surface area contributed by atoms with Crippen molar-refractivity contribution in [1.82, 2.24) is 4.90 Å². The minimum Gasteiger partial charge on any atom is -0.456 e. The zero-order chi connectivity index (χ0) is 19.9. The molecular weight excluding hydrogens is 380 g/mol. The third kappa shape index (κ3) is 3.30. The lowest BCUT2D eigenvalue weighted by molar-refractivity contribution is -0.152. The third-order valence-electron chi connectivity index (χ3n) is 5.62. The molecule has 2 amide bonds. The van der Waals surface area contributed by atoms with E-state index in [2.05, 4.69) is 0 Å². The Balaban J connectivity index is 1.39. The molecule has 3 saturated heterocycles. The van der Waals surface area contributed by atoms with E-state index < -0.39 is 12.0 Å². The topological polar surface area (TPSA) is 84.0 Å². The van der Waals surface area contributed by atoms with E-state index in [1.165, 1.54) is 0 Å². The van der Waals surface area contributed by atoms with Gasteiger partial charge in [0.25, 0.3) is 0 Å². The molecular formula is C20H22N2O5S. The number of esters is 1. The smallest absolute Gasteiger partial charge is 0.330 e. The van der Waals surface area contributed by atoms with Crippen LogP contribution in [-0.2, 0) is 19.1 Å². The lowest BCUT2D eigenvalue weighted by Crippen LogP contribution is -2.46. The third-order valence-corrected chi connectivity index (χ3v) is 7.12. The summed E-state index contributed by atoms with van der Waals surface area (Å²) in [5.74, 6) is -0.368. The number of carbonyl (C=O) groups is 4. The molecule has 0 aliphatic carbocycles. The molecule has 8 heteroatoms. The Kier molecular flexibility index (Phi) is 4.91. The second-order valence-electron chi connectivity index (χ2n) is 7.50. The fourth-order valence-electron chi connectivity index (χ4n) is 4.08. The lowest BCUT2D eigenvalue weighted by Gasteiger charge is -2.29. The first-order chi connectivity index (χ1) is 13.4. The summed E-state index contributed by atoms with van der Waals surface area (Å²) in [6, 6.07) is 6.18. The molecule has 1 aromatic carbocycles. The molecule has 0 spiro atoms. The summed E-state index contributed by atoms with van der Waals surface area (Å²) >= 11 is 1.58. The van der Waals surface area contributed by atoms with Crippen LogP contribution in [0.3, 0.4) is 0 Å². The molecule has 3 aliphatic rings. The molecule has 28 heavy (non-hydrogen) atoms. The van der Waals surface area contributed by atoms with Crippen molar-refractivity contribution in [1.29, 1.82) is 0 Å². The Labute approximate surface area is 167 Å². The number of rotatable bonds is 5. The van der Waals surface area contributed by atoms with Crippen LogP contribution in [0.1, 0.15) is 43.0 Å². The molecule has 7 nitrogen and oxygen atoms in total. The van der Waals surface area contributed by atoms with E-state index in [9.17, 15) is 19.2 Å². The summed E-state index contributed by atoms with van der Waals surface area (Å²) in [5.41, 5.74) is 1.08. The molecule has 0 saturated carbocycles. The number of nitrogens with zero attached hydrogens (tertiary/aromatic N) is 2. The van der Waals surface area contributed by atoms with Gasteiger partial charge in [0.1, 0.15) is 6.04 Å². The van der Waals surface area contributed by atoms with Crippen LogP contribution in [0.2, 0.25) is 0 Å². The molecule has 0 aromatic heterocycles. The van der Waals surface area contributed by atoms with Crippen molar-refractivity contribution in [2.24, 2.45) is 0 Å². The van der Waals surface area contributed by atoms with Gasteiger partial charge in [-0.3, -0.25) is 14.4 Å². The maximum Gasteiger partial charge on any atom is 0.330 e. The molecule has 148 valence electrons. The van der Waals surface area contributed by atoms with Gasteiger partial charge < -0.3 is 14.5 Å². The largest absolute Gasteiger partial charge is 0.456 e. The van der Waals surface area contributed by atoms with Gasteiger partial charge in [-0.2, -0.15) is 0 Å². The van der Waals surface area contributed by atoms with Crippen LogP contribution in [-0.4, -0.2) is 58.3 Å². The average molecular weight is 402 g/mol. The number of ketones is 1. The summed E-state index contributed by atoms with van der Waals surface area (Å²) in [4.78, 5) is 52.0. The molecule has 3 aliphatic heterocycles. The molecule has 4 rings (SSSR count). The Hall–Kier alpha value is -2.35. The van der Waals surface area contributed by atoms with Gasteiger partial charge in [-0.1, -0.05) is 12.1 Å².